The van der Waals surface area contributed by atoms with Crippen molar-refractivity contribution in [3.05, 3.63) is 0 Å². The van der Waals surface area contributed by atoms with Crippen LogP contribution in [0.5, 0.6) is 0 Å². The minimum atomic E-state index is -0.264. The van der Waals surface area contributed by atoms with E-state index >= 15 is 0 Å². The maximum absolute atomic E-state index is 10.8. The molecule has 0 fully saturated rings. The normalized spacial score (nSPS) is 10.8. The minimum Gasteiger partial charge on any atom is -0.330 e. The molecule has 0 aliphatic carbocycles. The lowest BCUT2D eigenvalue weighted by molar-refractivity contribution is -0.129. The van der Waals surface area contributed by atoms with Crippen molar-refractivity contribution >= 4 is 5.91 Å². The van der Waals surface area contributed by atoms with Gasteiger partial charge < -0.3 is 5.73 Å². The van der Waals surface area contributed by atoms with E-state index in [4.69, 9.17) is 10.9 Å². The van der Waals surface area contributed by atoms with Crippen molar-refractivity contribution in [1.82, 2.24) is 5.48 Å². The lowest BCUT2D eigenvalue weighted by Gasteiger charge is -2.03. The standard InChI is InChI=1S/C18H38N2O2/c19-17-15-13-11-9-7-5-3-1-2-4-6-8-10-12-14-16-18(21)20-22/h22H,1-17,19H2,(H,20,21). The molecule has 0 aromatic heterocycles. The monoisotopic (exact) mass is 314 g/mol. The summed E-state index contributed by atoms with van der Waals surface area (Å²) in [6.45, 7) is 0.845. The van der Waals surface area contributed by atoms with E-state index in [1.807, 2.05) is 0 Å². The number of carbonyl (C=O) groups excluding carboxylic acids is 1. The van der Waals surface area contributed by atoms with Crippen LogP contribution in [0, 0.1) is 0 Å². The highest BCUT2D eigenvalue weighted by Gasteiger charge is 1.98. The fourth-order valence-corrected chi connectivity index (χ4v) is 2.78. The van der Waals surface area contributed by atoms with Gasteiger partial charge in [-0.15, -0.1) is 0 Å². The second kappa shape index (κ2) is 18.4. The Morgan fingerprint density at radius 3 is 1.27 bits per heavy atom. The Hall–Kier alpha value is -0.610. The third kappa shape index (κ3) is 17.4. The zero-order chi connectivity index (χ0) is 16.3. The maximum Gasteiger partial charge on any atom is 0.243 e. The fraction of sp³-hybridized carbons (Fsp3) is 0.944. The van der Waals surface area contributed by atoms with Crippen LogP contribution in [0.25, 0.3) is 0 Å². The summed E-state index contributed by atoms with van der Waals surface area (Å²) in [6.07, 6.45) is 19.8. The largest absolute Gasteiger partial charge is 0.330 e. The second-order valence-corrected chi connectivity index (χ2v) is 6.38. The number of hydrogen-bond acceptors (Lipinski definition) is 3. The Labute approximate surface area is 137 Å². The number of rotatable bonds is 17. The van der Waals surface area contributed by atoms with E-state index in [0.29, 0.717) is 6.42 Å². The van der Waals surface area contributed by atoms with E-state index in [9.17, 15) is 4.79 Å². The molecule has 0 saturated carbocycles. The Balaban J connectivity index is 2.98. The third-order valence-electron chi connectivity index (χ3n) is 4.23. The molecule has 0 rings (SSSR count). The Morgan fingerprint density at radius 1 is 0.636 bits per heavy atom. The summed E-state index contributed by atoms with van der Waals surface area (Å²) in [4.78, 5) is 10.8. The topological polar surface area (TPSA) is 75.4 Å². The van der Waals surface area contributed by atoms with E-state index in [-0.39, 0.29) is 5.91 Å². The molecule has 4 heteroatoms. The van der Waals surface area contributed by atoms with Gasteiger partial charge in [0.1, 0.15) is 0 Å². The van der Waals surface area contributed by atoms with E-state index in [1.165, 1.54) is 83.5 Å². The fourth-order valence-electron chi connectivity index (χ4n) is 2.78. The molecule has 1 amide bonds. The molecule has 0 heterocycles. The van der Waals surface area contributed by atoms with Gasteiger partial charge in [0.15, 0.2) is 0 Å². The van der Waals surface area contributed by atoms with Crippen LogP contribution in [-0.2, 0) is 4.79 Å². The minimum absolute atomic E-state index is 0.264. The molecule has 4 N–H and O–H groups in total. The van der Waals surface area contributed by atoms with E-state index in [2.05, 4.69) is 0 Å². The molecule has 0 aromatic rings. The average molecular weight is 315 g/mol. The van der Waals surface area contributed by atoms with Crippen LogP contribution in [0.2, 0.25) is 0 Å². The molecule has 22 heavy (non-hydrogen) atoms. The summed E-state index contributed by atoms with van der Waals surface area (Å²) in [5.41, 5.74) is 7.15. The first-order valence-electron chi connectivity index (χ1n) is 9.44. The first-order chi connectivity index (χ1) is 10.8. The highest BCUT2D eigenvalue weighted by atomic mass is 16.5. The maximum atomic E-state index is 10.8. The molecule has 0 aliphatic rings. The SMILES string of the molecule is NCCCCCCCCCCCCCCCCCC(=O)NO. The molecule has 0 unspecified atom stereocenters. The molecular formula is C18H38N2O2. The van der Waals surface area contributed by atoms with Crippen molar-refractivity contribution in [3.8, 4) is 0 Å². The predicted octanol–water partition coefficient (Wildman–Crippen LogP) is 4.69. The van der Waals surface area contributed by atoms with Gasteiger partial charge in [0.25, 0.3) is 0 Å². The Kier molecular flexibility index (Phi) is 17.9. The van der Waals surface area contributed by atoms with Crippen molar-refractivity contribution in [2.75, 3.05) is 6.54 Å². The number of carbonyl (C=O) groups is 1. The molecule has 132 valence electrons. The van der Waals surface area contributed by atoms with Gasteiger partial charge in [-0.1, -0.05) is 83.5 Å². The number of nitrogens with two attached hydrogens (primary N) is 1. The summed E-state index contributed by atoms with van der Waals surface area (Å²) in [6, 6.07) is 0. The molecule has 0 bridgehead atoms. The van der Waals surface area contributed by atoms with Crippen LogP contribution in [-0.4, -0.2) is 17.7 Å². The molecule has 4 nitrogen and oxygen atoms in total. The number of hydroxylamine groups is 1. The van der Waals surface area contributed by atoms with Crippen molar-refractivity contribution in [2.24, 2.45) is 5.73 Å². The zero-order valence-corrected chi connectivity index (χ0v) is 14.5. The van der Waals surface area contributed by atoms with Crippen LogP contribution >= 0.6 is 0 Å². The van der Waals surface area contributed by atoms with Crippen LogP contribution in [0.1, 0.15) is 103 Å². The molecule has 0 aromatic carbocycles. The van der Waals surface area contributed by atoms with Crippen molar-refractivity contribution < 1.29 is 10.0 Å². The lowest BCUT2D eigenvalue weighted by Crippen LogP contribution is -2.17. The van der Waals surface area contributed by atoms with Gasteiger partial charge in [-0.25, -0.2) is 5.48 Å². The van der Waals surface area contributed by atoms with E-state index < -0.39 is 0 Å². The van der Waals surface area contributed by atoms with Gasteiger partial charge in [-0.2, -0.15) is 0 Å². The summed E-state index contributed by atoms with van der Waals surface area (Å²) < 4.78 is 0. The predicted molar refractivity (Wildman–Crippen MR) is 92.9 cm³/mol. The first-order valence-corrected chi connectivity index (χ1v) is 9.44. The summed E-state index contributed by atoms with van der Waals surface area (Å²) in [7, 11) is 0. The molecule has 0 aliphatic heterocycles. The van der Waals surface area contributed by atoms with Crippen LogP contribution < -0.4 is 11.2 Å². The highest BCUT2D eigenvalue weighted by molar-refractivity contribution is 5.74. The smallest absolute Gasteiger partial charge is 0.243 e. The molecule has 0 spiro atoms. The molecule has 0 atom stereocenters. The lowest BCUT2D eigenvalue weighted by atomic mass is 10.0. The van der Waals surface area contributed by atoms with Crippen LogP contribution in [0.3, 0.4) is 0 Å². The molecule has 0 radical (unpaired) electrons. The zero-order valence-electron chi connectivity index (χ0n) is 14.5. The van der Waals surface area contributed by atoms with Gasteiger partial charge in [0.2, 0.25) is 5.91 Å². The van der Waals surface area contributed by atoms with Gasteiger partial charge >= 0.3 is 0 Å². The summed E-state index contributed by atoms with van der Waals surface area (Å²) in [5, 5.41) is 8.36. The highest BCUT2D eigenvalue weighted by Crippen LogP contribution is 2.13. The third-order valence-corrected chi connectivity index (χ3v) is 4.23. The first kappa shape index (κ1) is 21.4. The second-order valence-electron chi connectivity index (χ2n) is 6.38. The quantitative estimate of drug-likeness (QED) is 0.207. The number of hydrogen-bond donors (Lipinski definition) is 3. The molecular weight excluding hydrogens is 276 g/mol. The number of amides is 1. The molecule has 0 saturated heterocycles. The van der Waals surface area contributed by atoms with E-state index in [1.54, 1.807) is 5.48 Å². The van der Waals surface area contributed by atoms with Gasteiger partial charge in [-0.05, 0) is 19.4 Å². The van der Waals surface area contributed by atoms with E-state index in [0.717, 1.165) is 19.4 Å². The summed E-state index contributed by atoms with van der Waals surface area (Å²) in [5.74, 6) is -0.264. The van der Waals surface area contributed by atoms with Gasteiger partial charge in [-0.3, -0.25) is 10.0 Å². The van der Waals surface area contributed by atoms with Gasteiger partial charge in [0.05, 0.1) is 0 Å². The average Bonchev–Trinajstić information content (AvgIpc) is 2.54. The van der Waals surface area contributed by atoms with Crippen LogP contribution in [0.4, 0.5) is 0 Å². The van der Waals surface area contributed by atoms with Crippen molar-refractivity contribution in [3.63, 3.8) is 0 Å². The van der Waals surface area contributed by atoms with Crippen molar-refractivity contribution in [1.29, 1.82) is 0 Å². The number of nitrogens with one attached hydrogen (secondary N) is 1. The van der Waals surface area contributed by atoms with Crippen molar-refractivity contribution in [2.45, 2.75) is 103 Å². The number of unbranched alkanes of at least 4 members (excludes halogenated alkanes) is 14. The summed E-state index contributed by atoms with van der Waals surface area (Å²) >= 11 is 0. The Morgan fingerprint density at radius 2 is 0.955 bits per heavy atom. The Bertz CT molecular complexity index is 235. The van der Waals surface area contributed by atoms with Crippen LogP contribution in [0.15, 0.2) is 0 Å². The van der Waals surface area contributed by atoms with Gasteiger partial charge in [0, 0.05) is 6.42 Å².